The molecule has 0 heterocycles. The lowest BCUT2D eigenvalue weighted by Gasteiger charge is -2.24. The van der Waals surface area contributed by atoms with Gasteiger partial charge in [-0.25, -0.2) is 5.43 Å². The van der Waals surface area contributed by atoms with Gasteiger partial charge in [-0.15, -0.1) is 0 Å². The Labute approximate surface area is 113 Å². The summed E-state index contributed by atoms with van der Waals surface area (Å²) in [6.45, 7) is 0. The van der Waals surface area contributed by atoms with E-state index in [2.05, 4.69) is 11.5 Å². The number of ether oxygens (including phenoxy) is 1. The second-order valence-electron chi connectivity index (χ2n) is 4.51. The summed E-state index contributed by atoms with van der Waals surface area (Å²) >= 11 is 5.98. The number of hydrazine groups is 1. The third-order valence-electron chi connectivity index (χ3n) is 3.37. The molecule has 3 N–H and O–H groups in total. The third-order valence-corrected chi connectivity index (χ3v) is 3.61. The van der Waals surface area contributed by atoms with Crippen LogP contribution in [0.5, 0.6) is 5.75 Å². The van der Waals surface area contributed by atoms with Crippen LogP contribution in [0.2, 0.25) is 5.02 Å². The van der Waals surface area contributed by atoms with Crippen molar-refractivity contribution in [3.05, 3.63) is 40.4 Å². The first kappa shape index (κ1) is 13.4. The molecule has 0 saturated heterocycles. The minimum absolute atomic E-state index is 0.0116. The summed E-state index contributed by atoms with van der Waals surface area (Å²) in [4.78, 5) is 0. The summed E-state index contributed by atoms with van der Waals surface area (Å²) in [5.74, 6) is 6.49. The molecule has 1 aliphatic rings. The smallest absolute Gasteiger partial charge is 0.125 e. The number of nitrogens with two attached hydrogens (primary N) is 1. The molecule has 3 nitrogen and oxygen atoms in total. The van der Waals surface area contributed by atoms with Gasteiger partial charge < -0.3 is 4.74 Å². The number of allylic oxidation sites excluding steroid dienone is 1. The van der Waals surface area contributed by atoms with Crippen LogP contribution >= 0.6 is 11.6 Å². The molecule has 0 amide bonds. The van der Waals surface area contributed by atoms with E-state index in [1.807, 2.05) is 18.2 Å². The number of hydrogen-bond donors (Lipinski definition) is 2. The average Bonchev–Trinajstić information content (AvgIpc) is 2.42. The summed E-state index contributed by atoms with van der Waals surface area (Å²) < 4.78 is 5.39. The lowest BCUT2D eigenvalue weighted by molar-refractivity contribution is 0.402. The molecule has 1 atom stereocenters. The van der Waals surface area contributed by atoms with Gasteiger partial charge in [-0.3, -0.25) is 5.84 Å². The van der Waals surface area contributed by atoms with Crippen molar-refractivity contribution in [3.8, 4) is 5.75 Å². The fourth-order valence-electron chi connectivity index (χ4n) is 2.45. The minimum Gasteiger partial charge on any atom is -0.496 e. The zero-order valence-electron chi connectivity index (χ0n) is 10.6. The van der Waals surface area contributed by atoms with Gasteiger partial charge in [0.25, 0.3) is 0 Å². The van der Waals surface area contributed by atoms with E-state index in [9.17, 15) is 0 Å². The fourth-order valence-corrected chi connectivity index (χ4v) is 2.61. The standard InChI is InChI=1S/C14H19ClN2O/c1-18-13-9-11(15)7-8-12(13)14(17-16)10-5-3-2-4-6-10/h5,7-9,14,17H,2-4,6,16H2,1H3. The van der Waals surface area contributed by atoms with E-state index in [1.54, 1.807) is 7.11 Å². The first-order valence-corrected chi connectivity index (χ1v) is 6.62. The van der Waals surface area contributed by atoms with Gasteiger partial charge in [0.2, 0.25) is 0 Å². The molecule has 4 heteroatoms. The molecule has 98 valence electrons. The zero-order chi connectivity index (χ0) is 13.0. The van der Waals surface area contributed by atoms with E-state index in [0.717, 1.165) is 24.2 Å². The van der Waals surface area contributed by atoms with Crippen molar-refractivity contribution in [2.24, 2.45) is 5.84 Å². The second-order valence-corrected chi connectivity index (χ2v) is 4.95. The summed E-state index contributed by atoms with van der Waals surface area (Å²) in [7, 11) is 1.65. The van der Waals surface area contributed by atoms with E-state index < -0.39 is 0 Å². The summed E-state index contributed by atoms with van der Waals surface area (Å²) in [5, 5.41) is 0.670. The van der Waals surface area contributed by atoms with Crippen LogP contribution in [-0.2, 0) is 0 Å². The predicted octanol–water partition coefficient (Wildman–Crippen LogP) is 3.35. The first-order chi connectivity index (χ1) is 8.76. The van der Waals surface area contributed by atoms with Gasteiger partial charge >= 0.3 is 0 Å². The van der Waals surface area contributed by atoms with Crippen LogP contribution < -0.4 is 16.0 Å². The molecule has 1 aliphatic carbocycles. The highest BCUT2D eigenvalue weighted by atomic mass is 35.5. The van der Waals surface area contributed by atoms with Gasteiger partial charge in [-0.05, 0) is 37.8 Å². The molecule has 1 unspecified atom stereocenters. The number of hydrogen-bond acceptors (Lipinski definition) is 3. The van der Waals surface area contributed by atoms with Crippen molar-refractivity contribution in [1.29, 1.82) is 0 Å². The van der Waals surface area contributed by atoms with Gasteiger partial charge in [0.15, 0.2) is 0 Å². The van der Waals surface area contributed by atoms with E-state index in [0.29, 0.717) is 5.02 Å². The maximum absolute atomic E-state index is 5.98. The summed E-state index contributed by atoms with van der Waals surface area (Å²) in [6.07, 6.45) is 6.98. The highest BCUT2D eigenvalue weighted by Gasteiger charge is 2.20. The number of halogens is 1. The number of benzene rings is 1. The number of nitrogens with one attached hydrogen (secondary N) is 1. The summed E-state index contributed by atoms with van der Waals surface area (Å²) in [5.41, 5.74) is 5.27. The monoisotopic (exact) mass is 266 g/mol. The van der Waals surface area contributed by atoms with Crippen LogP contribution in [0.1, 0.15) is 37.3 Å². The predicted molar refractivity (Wildman–Crippen MR) is 74.6 cm³/mol. The highest BCUT2D eigenvalue weighted by Crippen LogP contribution is 2.35. The van der Waals surface area contributed by atoms with Gasteiger partial charge in [-0.1, -0.05) is 29.3 Å². The largest absolute Gasteiger partial charge is 0.496 e. The Balaban J connectivity index is 2.34. The number of rotatable bonds is 4. The van der Waals surface area contributed by atoms with Gasteiger partial charge in [-0.2, -0.15) is 0 Å². The SMILES string of the molecule is COc1cc(Cl)ccc1C(NN)C1=CCCCC1. The Morgan fingerprint density at radius 2 is 2.22 bits per heavy atom. The van der Waals surface area contributed by atoms with Gasteiger partial charge in [0.1, 0.15) is 5.75 Å². The lowest BCUT2D eigenvalue weighted by Crippen LogP contribution is -2.30. The maximum atomic E-state index is 5.98. The first-order valence-electron chi connectivity index (χ1n) is 6.24. The van der Waals surface area contributed by atoms with Crippen LogP contribution in [0.25, 0.3) is 0 Å². The normalized spacial score (nSPS) is 17.2. The molecule has 0 aromatic heterocycles. The van der Waals surface area contributed by atoms with E-state index in [1.165, 1.54) is 18.4 Å². The zero-order valence-corrected chi connectivity index (χ0v) is 11.3. The number of methoxy groups -OCH3 is 1. The minimum atomic E-state index is 0.0116. The highest BCUT2D eigenvalue weighted by molar-refractivity contribution is 6.30. The van der Waals surface area contributed by atoms with Crippen LogP contribution in [-0.4, -0.2) is 7.11 Å². The summed E-state index contributed by atoms with van der Waals surface area (Å²) in [6, 6.07) is 5.68. The molecule has 0 bridgehead atoms. The molecule has 1 aromatic rings. The van der Waals surface area contributed by atoms with Crippen molar-refractivity contribution >= 4 is 11.6 Å². The van der Waals surface area contributed by atoms with Gasteiger partial charge in [0.05, 0.1) is 13.2 Å². The molecular formula is C14H19ClN2O. The third kappa shape index (κ3) is 2.86. The van der Waals surface area contributed by atoms with E-state index in [-0.39, 0.29) is 6.04 Å². The topological polar surface area (TPSA) is 47.3 Å². The van der Waals surface area contributed by atoms with Crippen molar-refractivity contribution < 1.29 is 4.74 Å². The van der Waals surface area contributed by atoms with Crippen molar-refractivity contribution in [1.82, 2.24) is 5.43 Å². The van der Waals surface area contributed by atoms with Crippen LogP contribution in [0.3, 0.4) is 0 Å². The average molecular weight is 267 g/mol. The fraction of sp³-hybridized carbons (Fsp3) is 0.429. The van der Waals surface area contributed by atoms with Crippen molar-refractivity contribution in [2.45, 2.75) is 31.7 Å². The maximum Gasteiger partial charge on any atom is 0.125 e. The lowest BCUT2D eigenvalue weighted by atomic mass is 9.90. The molecule has 0 spiro atoms. The Morgan fingerprint density at radius 3 is 2.83 bits per heavy atom. The quantitative estimate of drug-likeness (QED) is 0.499. The van der Waals surface area contributed by atoms with E-state index >= 15 is 0 Å². The molecule has 1 aromatic carbocycles. The Morgan fingerprint density at radius 1 is 1.39 bits per heavy atom. The van der Waals surface area contributed by atoms with Crippen LogP contribution in [0, 0.1) is 0 Å². The Bertz CT molecular complexity index is 445. The van der Waals surface area contributed by atoms with Crippen LogP contribution in [0.15, 0.2) is 29.8 Å². The Hall–Kier alpha value is -1.03. The Kier molecular flexibility index (Phi) is 4.64. The van der Waals surface area contributed by atoms with Crippen molar-refractivity contribution in [2.75, 3.05) is 7.11 Å². The molecule has 0 fully saturated rings. The van der Waals surface area contributed by atoms with Crippen LogP contribution in [0.4, 0.5) is 0 Å². The molecule has 0 saturated carbocycles. The molecular weight excluding hydrogens is 248 g/mol. The van der Waals surface area contributed by atoms with E-state index in [4.69, 9.17) is 22.2 Å². The molecule has 2 rings (SSSR count). The molecule has 18 heavy (non-hydrogen) atoms. The molecule has 0 aliphatic heterocycles. The van der Waals surface area contributed by atoms with Gasteiger partial charge in [0, 0.05) is 10.6 Å². The second kappa shape index (κ2) is 6.23. The van der Waals surface area contributed by atoms with Crippen molar-refractivity contribution in [3.63, 3.8) is 0 Å². The molecule has 0 radical (unpaired) electrons.